The Morgan fingerprint density at radius 1 is 1.04 bits per heavy atom. The van der Waals surface area contributed by atoms with Gasteiger partial charge in [-0.05, 0) is 30.5 Å². The van der Waals surface area contributed by atoms with Crippen molar-refractivity contribution in [1.29, 1.82) is 0 Å². The molecular weight excluding hydrogens is 288 g/mol. The summed E-state index contributed by atoms with van der Waals surface area (Å²) in [7, 11) is 0. The Balaban J connectivity index is 1.96. The van der Waals surface area contributed by atoms with Crippen molar-refractivity contribution in [2.45, 2.75) is 20.3 Å². The van der Waals surface area contributed by atoms with Crippen molar-refractivity contribution in [1.82, 2.24) is 5.43 Å². The highest BCUT2D eigenvalue weighted by atomic mass is 16.5. The number of nitrogens with one attached hydrogen (secondary N) is 1. The molecule has 0 atom stereocenters. The minimum Gasteiger partial charge on any atom is -0.381 e. The van der Waals surface area contributed by atoms with Crippen molar-refractivity contribution in [3.05, 3.63) is 60.2 Å². The molecule has 0 aliphatic carbocycles. The van der Waals surface area contributed by atoms with E-state index >= 15 is 0 Å². The van der Waals surface area contributed by atoms with Gasteiger partial charge in [0.05, 0.1) is 18.7 Å². The fourth-order valence-electron chi connectivity index (χ4n) is 2.11. The summed E-state index contributed by atoms with van der Waals surface area (Å²) >= 11 is 0. The molecule has 0 aliphatic rings. The van der Waals surface area contributed by atoms with Gasteiger partial charge in [0.25, 0.3) is 0 Å². The molecule has 0 aliphatic heterocycles. The molecule has 0 spiro atoms. The van der Waals surface area contributed by atoms with Crippen LogP contribution in [0.25, 0.3) is 11.1 Å². The van der Waals surface area contributed by atoms with Gasteiger partial charge in [0.15, 0.2) is 0 Å². The van der Waals surface area contributed by atoms with Gasteiger partial charge < -0.3 is 4.74 Å². The molecule has 0 saturated heterocycles. The maximum Gasteiger partial charge on any atom is 0.242 e. The molecule has 0 saturated carbocycles. The zero-order valence-electron chi connectivity index (χ0n) is 13.6. The van der Waals surface area contributed by atoms with Gasteiger partial charge in [-0.3, -0.25) is 4.79 Å². The molecule has 0 fully saturated rings. The first-order valence-corrected chi connectivity index (χ1v) is 7.77. The first kappa shape index (κ1) is 16.9. The Labute approximate surface area is 137 Å². The van der Waals surface area contributed by atoms with Gasteiger partial charge in [0.1, 0.15) is 0 Å². The van der Waals surface area contributed by atoms with Crippen LogP contribution in [0.5, 0.6) is 0 Å². The van der Waals surface area contributed by atoms with E-state index in [4.69, 9.17) is 4.74 Å². The van der Waals surface area contributed by atoms with Gasteiger partial charge in [-0.15, -0.1) is 0 Å². The van der Waals surface area contributed by atoms with Crippen molar-refractivity contribution >= 4 is 11.6 Å². The molecule has 2 aromatic carbocycles. The summed E-state index contributed by atoms with van der Waals surface area (Å²) < 4.78 is 5.14. The maximum atomic E-state index is 11.6. The largest absolute Gasteiger partial charge is 0.381 e. The molecule has 0 aromatic heterocycles. The van der Waals surface area contributed by atoms with Crippen molar-refractivity contribution < 1.29 is 9.53 Å². The Hall–Kier alpha value is -2.46. The summed E-state index contributed by atoms with van der Waals surface area (Å²) in [5, 5.41) is 4.14. The first-order valence-electron chi connectivity index (χ1n) is 7.77. The molecule has 120 valence electrons. The van der Waals surface area contributed by atoms with Crippen LogP contribution < -0.4 is 5.43 Å². The maximum absolute atomic E-state index is 11.6. The first-order chi connectivity index (χ1) is 11.2. The van der Waals surface area contributed by atoms with Crippen molar-refractivity contribution in [3.8, 4) is 11.1 Å². The minimum atomic E-state index is -0.140. The standard InChI is InChI=1S/C19H22N2O2/c1-3-23-14-13-19(22)21-20-15(2)16-9-11-18(12-10-16)17-7-5-4-6-8-17/h4-12H,3,13-14H2,1-2H3,(H,21,22)/b20-15+. The van der Waals surface area contributed by atoms with Gasteiger partial charge >= 0.3 is 0 Å². The minimum absolute atomic E-state index is 0.140. The summed E-state index contributed by atoms with van der Waals surface area (Å²) in [6.07, 6.45) is 0.317. The molecule has 0 unspecified atom stereocenters. The lowest BCUT2D eigenvalue weighted by molar-refractivity contribution is -0.122. The van der Waals surface area contributed by atoms with E-state index in [9.17, 15) is 4.79 Å². The highest BCUT2D eigenvalue weighted by Gasteiger charge is 2.02. The van der Waals surface area contributed by atoms with E-state index in [1.54, 1.807) is 0 Å². The lowest BCUT2D eigenvalue weighted by Crippen LogP contribution is -2.20. The summed E-state index contributed by atoms with van der Waals surface area (Å²) in [4.78, 5) is 11.6. The van der Waals surface area contributed by atoms with Crippen LogP contribution in [0.4, 0.5) is 0 Å². The van der Waals surface area contributed by atoms with E-state index in [0.29, 0.717) is 19.6 Å². The Bertz CT molecular complexity index is 649. The highest BCUT2D eigenvalue weighted by Crippen LogP contribution is 2.19. The predicted molar refractivity (Wildman–Crippen MR) is 93.3 cm³/mol. The number of hydrazone groups is 1. The molecule has 2 aromatic rings. The molecule has 2 rings (SSSR count). The number of carbonyl (C=O) groups is 1. The number of benzene rings is 2. The number of carbonyl (C=O) groups excluding carboxylic acids is 1. The summed E-state index contributed by atoms with van der Waals surface area (Å²) in [6, 6.07) is 18.3. The van der Waals surface area contributed by atoms with Crippen LogP contribution in [0.1, 0.15) is 25.8 Å². The van der Waals surface area contributed by atoms with E-state index in [1.807, 2.05) is 44.2 Å². The fraction of sp³-hybridized carbons (Fsp3) is 0.263. The summed E-state index contributed by atoms with van der Waals surface area (Å²) in [5.74, 6) is -0.140. The van der Waals surface area contributed by atoms with Crippen LogP contribution >= 0.6 is 0 Å². The Morgan fingerprint density at radius 2 is 1.70 bits per heavy atom. The van der Waals surface area contributed by atoms with E-state index in [1.165, 1.54) is 5.56 Å². The SMILES string of the molecule is CCOCCC(=O)N/N=C(\C)c1ccc(-c2ccccc2)cc1. The number of nitrogens with zero attached hydrogens (tertiary/aromatic N) is 1. The van der Waals surface area contributed by atoms with Crippen LogP contribution in [-0.2, 0) is 9.53 Å². The average Bonchev–Trinajstić information content (AvgIpc) is 2.61. The molecule has 0 radical (unpaired) electrons. The van der Waals surface area contributed by atoms with Crippen molar-refractivity contribution in [3.63, 3.8) is 0 Å². The van der Waals surface area contributed by atoms with E-state index < -0.39 is 0 Å². The third-order valence-corrected chi connectivity index (χ3v) is 3.44. The fourth-order valence-corrected chi connectivity index (χ4v) is 2.11. The van der Waals surface area contributed by atoms with Crippen LogP contribution in [0.3, 0.4) is 0 Å². The monoisotopic (exact) mass is 310 g/mol. The topological polar surface area (TPSA) is 50.7 Å². The Morgan fingerprint density at radius 3 is 2.35 bits per heavy atom. The second kappa shape index (κ2) is 8.86. The number of amides is 1. The third kappa shape index (κ3) is 5.34. The Kier molecular flexibility index (Phi) is 6.51. The molecule has 23 heavy (non-hydrogen) atoms. The van der Waals surface area contributed by atoms with Crippen LogP contribution in [0, 0.1) is 0 Å². The average molecular weight is 310 g/mol. The molecule has 1 amide bonds. The molecule has 1 N–H and O–H groups in total. The zero-order chi connectivity index (χ0) is 16.5. The second-order valence-electron chi connectivity index (χ2n) is 5.12. The predicted octanol–water partition coefficient (Wildman–Crippen LogP) is 3.62. The number of ether oxygens (including phenoxy) is 1. The molecular formula is C19H22N2O2. The summed E-state index contributed by atoms with van der Waals surface area (Å²) in [5.41, 5.74) is 6.64. The van der Waals surface area contributed by atoms with Gasteiger partial charge in [0, 0.05) is 6.61 Å². The lowest BCUT2D eigenvalue weighted by atomic mass is 10.0. The normalized spacial score (nSPS) is 11.3. The zero-order valence-corrected chi connectivity index (χ0v) is 13.6. The van der Waals surface area contributed by atoms with E-state index in [0.717, 1.165) is 16.8 Å². The third-order valence-electron chi connectivity index (χ3n) is 3.44. The highest BCUT2D eigenvalue weighted by molar-refractivity contribution is 5.99. The molecule has 4 nitrogen and oxygen atoms in total. The lowest BCUT2D eigenvalue weighted by Gasteiger charge is -2.05. The van der Waals surface area contributed by atoms with E-state index in [-0.39, 0.29) is 5.91 Å². The van der Waals surface area contributed by atoms with Crippen LogP contribution in [0.2, 0.25) is 0 Å². The van der Waals surface area contributed by atoms with Crippen LogP contribution in [-0.4, -0.2) is 24.8 Å². The number of hydrogen-bond donors (Lipinski definition) is 1. The second-order valence-corrected chi connectivity index (χ2v) is 5.12. The number of rotatable bonds is 7. The molecule has 0 heterocycles. The van der Waals surface area contributed by atoms with E-state index in [2.05, 4.69) is 34.8 Å². The smallest absolute Gasteiger partial charge is 0.242 e. The van der Waals surface area contributed by atoms with Gasteiger partial charge in [-0.2, -0.15) is 5.10 Å². The number of hydrogen-bond acceptors (Lipinski definition) is 3. The molecule has 0 bridgehead atoms. The quantitative estimate of drug-likeness (QED) is 0.482. The van der Waals surface area contributed by atoms with Gasteiger partial charge in [-0.25, -0.2) is 5.43 Å². The van der Waals surface area contributed by atoms with Gasteiger partial charge in [0.2, 0.25) is 5.91 Å². The van der Waals surface area contributed by atoms with Gasteiger partial charge in [-0.1, -0.05) is 54.6 Å². The summed E-state index contributed by atoms with van der Waals surface area (Å²) in [6.45, 7) is 4.81. The van der Waals surface area contributed by atoms with Crippen LogP contribution in [0.15, 0.2) is 59.7 Å². The van der Waals surface area contributed by atoms with Crippen molar-refractivity contribution in [2.75, 3.05) is 13.2 Å². The molecule has 4 heteroatoms. The van der Waals surface area contributed by atoms with Crippen molar-refractivity contribution in [2.24, 2.45) is 5.10 Å².